The summed E-state index contributed by atoms with van der Waals surface area (Å²) < 4.78 is 0. The van der Waals surface area contributed by atoms with Gasteiger partial charge in [0.1, 0.15) is 0 Å². The molecule has 0 fully saturated rings. The van der Waals surface area contributed by atoms with E-state index in [9.17, 15) is 0 Å². The molecule has 27 heavy (non-hydrogen) atoms. The average molecular weight is 362 g/mol. The van der Waals surface area contributed by atoms with Crippen LogP contribution in [0.5, 0.6) is 0 Å². The van der Waals surface area contributed by atoms with Crippen molar-refractivity contribution < 1.29 is 0 Å². The van der Waals surface area contributed by atoms with Crippen molar-refractivity contribution in [2.75, 3.05) is 6.54 Å². The van der Waals surface area contributed by atoms with Crippen LogP contribution in [-0.4, -0.2) is 6.54 Å². The number of fused-ring (bicyclic) bond motifs is 5. The summed E-state index contributed by atoms with van der Waals surface area (Å²) in [6.07, 6.45) is 13.3. The van der Waals surface area contributed by atoms with E-state index < -0.39 is 0 Å². The van der Waals surface area contributed by atoms with Crippen LogP contribution in [0.2, 0.25) is 0 Å². The van der Waals surface area contributed by atoms with Gasteiger partial charge in [-0.05, 0) is 71.3 Å². The van der Waals surface area contributed by atoms with Gasteiger partial charge in [0, 0.05) is 0 Å². The van der Waals surface area contributed by atoms with Gasteiger partial charge in [-0.1, -0.05) is 87.6 Å². The average Bonchev–Trinajstić information content (AvgIpc) is 2.74. The molecule has 3 aromatic carbocycles. The van der Waals surface area contributed by atoms with Crippen LogP contribution in [-0.2, 0) is 12.8 Å². The van der Waals surface area contributed by atoms with Crippen molar-refractivity contribution in [3.63, 3.8) is 0 Å². The first kappa shape index (κ1) is 19.9. The SMILES string of the molecule is CCCCCCCCN.c1ccc2c(c1)ccc1c3c(ccc12)CCCC3. The molecule has 4 rings (SSSR count). The molecule has 0 spiro atoms. The Balaban J connectivity index is 0.000000201. The molecule has 3 aromatic rings. The van der Waals surface area contributed by atoms with Crippen molar-refractivity contribution in [2.24, 2.45) is 5.73 Å². The minimum Gasteiger partial charge on any atom is -0.330 e. The van der Waals surface area contributed by atoms with Crippen molar-refractivity contribution in [2.45, 2.75) is 71.1 Å². The van der Waals surface area contributed by atoms with Crippen molar-refractivity contribution in [3.05, 3.63) is 59.7 Å². The fourth-order valence-electron chi connectivity index (χ4n) is 4.27. The molecule has 0 bridgehead atoms. The smallest absolute Gasteiger partial charge is 0.00773 e. The second-order valence-electron chi connectivity index (χ2n) is 7.85. The Kier molecular flexibility index (Phi) is 7.71. The molecule has 0 saturated carbocycles. The van der Waals surface area contributed by atoms with Gasteiger partial charge >= 0.3 is 0 Å². The molecular weight excluding hydrogens is 326 g/mol. The second kappa shape index (κ2) is 10.5. The van der Waals surface area contributed by atoms with Crippen LogP contribution in [0.25, 0.3) is 21.5 Å². The topological polar surface area (TPSA) is 26.0 Å². The summed E-state index contributed by atoms with van der Waals surface area (Å²) in [6.45, 7) is 3.11. The summed E-state index contributed by atoms with van der Waals surface area (Å²) >= 11 is 0. The second-order valence-corrected chi connectivity index (χ2v) is 7.85. The first-order valence-corrected chi connectivity index (χ1v) is 11.0. The Morgan fingerprint density at radius 3 is 2.30 bits per heavy atom. The van der Waals surface area contributed by atoms with Crippen LogP contribution in [0, 0.1) is 0 Å². The molecule has 1 heteroatoms. The highest BCUT2D eigenvalue weighted by molar-refractivity contribution is 6.08. The third-order valence-electron chi connectivity index (χ3n) is 5.82. The van der Waals surface area contributed by atoms with E-state index in [1.807, 2.05) is 0 Å². The van der Waals surface area contributed by atoms with E-state index in [1.165, 1.54) is 85.8 Å². The molecule has 0 heterocycles. The van der Waals surface area contributed by atoms with Crippen LogP contribution >= 0.6 is 0 Å². The quantitative estimate of drug-likeness (QED) is 0.365. The molecule has 0 aromatic heterocycles. The summed E-state index contributed by atoms with van der Waals surface area (Å²) in [6, 6.07) is 18.0. The zero-order chi connectivity index (χ0) is 18.9. The molecule has 0 unspecified atom stereocenters. The van der Waals surface area contributed by atoms with E-state index >= 15 is 0 Å². The highest BCUT2D eigenvalue weighted by atomic mass is 14.5. The number of hydrogen-bond donors (Lipinski definition) is 1. The highest BCUT2D eigenvalue weighted by Crippen LogP contribution is 2.33. The summed E-state index contributed by atoms with van der Waals surface area (Å²) in [5.41, 5.74) is 8.52. The standard InChI is InChI=1S/C18H16.C8H19N/c1-3-7-15-13(5-1)9-11-18-16-8-4-2-6-14(16)10-12-17(15)18;1-2-3-4-5-6-7-8-9/h1,3,5,7,9-12H,2,4,6,8H2;2-9H2,1H3. The maximum absolute atomic E-state index is 5.34. The molecule has 1 nitrogen and oxygen atoms in total. The number of benzene rings is 3. The zero-order valence-corrected chi connectivity index (χ0v) is 17.0. The lowest BCUT2D eigenvalue weighted by Gasteiger charge is -2.18. The first-order chi connectivity index (χ1) is 13.3. The van der Waals surface area contributed by atoms with Gasteiger partial charge in [-0.25, -0.2) is 0 Å². The van der Waals surface area contributed by atoms with Crippen molar-refractivity contribution in [1.82, 2.24) is 0 Å². The Morgan fingerprint density at radius 1 is 0.704 bits per heavy atom. The van der Waals surface area contributed by atoms with Crippen molar-refractivity contribution >= 4 is 21.5 Å². The predicted octanol–water partition coefficient (Wildman–Crippen LogP) is 7.18. The molecular formula is C26H35N. The van der Waals surface area contributed by atoms with Crippen molar-refractivity contribution in [3.8, 4) is 0 Å². The van der Waals surface area contributed by atoms with Crippen LogP contribution < -0.4 is 5.73 Å². The lowest BCUT2D eigenvalue weighted by Crippen LogP contribution is -2.02. The number of nitrogens with two attached hydrogens (primary N) is 1. The fraction of sp³-hybridized carbons (Fsp3) is 0.462. The lowest BCUT2D eigenvalue weighted by atomic mass is 9.86. The molecule has 0 saturated heterocycles. The fourth-order valence-corrected chi connectivity index (χ4v) is 4.27. The third-order valence-corrected chi connectivity index (χ3v) is 5.82. The summed E-state index contributed by atoms with van der Waals surface area (Å²) in [5, 5.41) is 5.64. The van der Waals surface area contributed by atoms with Crippen molar-refractivity contribution in [1.29, 1.82) is 0 Å². The van der Waals surface area contributed by atoms with Crippen LogP contribution in [0.4, 0.5) is 0 Å². The van der Waals surface area contributed by atoms with E-state index in [0.29, 0.717) is 0 Å². The molecule has 0 atom stereocenters. The van der Waals surface area contributed by atoms with Crippen LogP contribution in [0.3, 0.4) is 0 Å². The van der Waals surface area contributed by atoms with E-state index in [1.54, 1.807) is 11.1 Å². The molecule has 2 N–H and O–H groups in total. The molecule has 0 radical (unpaired) electrons. The number of rotatable bonds is 6. The zero-order valence-electron chi connectivity index (χ0n) is 17.0. The molecule has 0 amide bonds. The predicted molar refractivity (Wildman–Crippen MR) is 121 cm³/mol. The van der Waals surface area contributed by atoms with Gasteiger partial charge in [-0.15, -0.1) is 0 Å². The van der Waals surface area contributed by atoms with E-state index in [2.05, 4.69) is 55.5 Å². The Hall–Kier alpha value is -1.86. The largest absolute Gasteiger partial charge is 0.330 e. The van der Waals surface area contributed by atoms with Crippen LogP contribution in [0.15, 0.2) is 48.5 Å². The Bertz CT molecular complexity index is 843. The van der Waals surface area contributed by atoms with E-state index in [-0.39, 0.29) is 0 Å². The molecule has 1 aliphatic rings. The minimum absolute atomic E-state index is 0.867. The van der Waals surface area contributed by atoms with E-state index in [4.69, 9.17) is 5.73 Å². The monoisotopic (exact) mass is 361 g/mol. The Morgan fingerprint density at radius 2 is 1.44 bits per heavy atom. The number of aryl methyl sites for hydroxylation is 2. The lowest BCUT2D eigenvalue weighted by molar-refractivity contribution is 0.612. The first-order valence-electron chi connectivity index (χ1n) is 11.0. The molecule has 1 aliphatic carbocycles. The highest BCUT2D eigenvalue weighted by Gasteiger charge is 2.13. The normalized spacial score (nSPS) is 13.3. The van der Waals surface area contributed by atoms with Gasteiger partial charge in [0.05, 0.1) is 0 Å². The number of hydrogen-bond acceptors (Lipinski definition) is 1. The summed E-state index contributed by atoms with van der Waals surface area (Å²) in [5.74, 6) is 0. The van der Waals surface area contributed by atoms with Crippen LogP contribution in [0.1, 0.15) is 69.4 Å². The third kappa shape index (κ3) is 5.11. The van der Waals surface area contributed by atoms with Gasteiger partial charge in [-0.2, -0.15) is 0 Å². The van der Waals surface area contributed by atoms with Gasteiger partial charge in [0.15, 0.2) is 0 Å². The molecule has 144 valence electrons. The minimum atomic E-state index is 0.867. The maximum atomic E-state index is 5.34. The molecule has 0 aliphatic heterocycles. The Labute approximate surface area is 165 Å². The number of unbranched alkanes of at least 4 members (excludes halogenated alkanes) is 5. The van der Waals surface area contributed by atoms with Gasteiger partial charge in [0.25, 0.3) is 0 Å². The van der Waals surface area contributed by atoms with Gasteiger partial charge in [-0.3, -0.25) is 0 Å². The maximum Gasteiger partial charge on any atom is -0.00773 e. The summed E-state index contributed by atoms with van der Waals surface area (Å²) in [7, 11) is 0. The van der Waals surface area contributed by atoms with Gasteiger partial charge in [0.2, 0.25) is 0 Å². The van der Waals surface area contributed by atoms with E-state index in [0.717, 1.165) is 6.54 Å². The van der Waals surface area contributed by atoms with Gasteiger partial charge < -0.3 is 5.73 Å². The summed E-state index contributed by atoms with van der Waals surface area (Å²) in [4.78, 5) is 0.